The molecule has 1 aromatic rings. The Balaban J connectivity index is 1.58. The maximum Gasteiger partial charge on any atom is 0.328 e. The lowest BCUT2D eigenvalue weighted by Crippen LogP contribution is -2.42. The van der Waals surface area contributed by atoms with Gasteiger partial charge >= 0.3 is 6.03 Å². The molecule has 2 amide bonds. The van der Waals surface area contributed by atoms with Crippen LogP contribution in [0.2, 0.25) is 0 Å². The van der Waals surface area contributed by atoms with Crippen molar-refractivity contribution in [2.75, 3.05) is 6.54 Å². The largest absolute Gasteiger partial charge is 0.337 e. The molecule has 2 bridgehead atoms. The van der Waals surface area contributed by atoms with Gasteiger partial charge in [0.1, 0.15) is 0 Å². The number of fused-ring (bicyclic) bond motifs is 2. The van der Waals surface area contributed by atoms with Crippen molar-refractivity contribution >= 4 is 22.1 Å². The lowest BCUT2D eigenvalue weighted by atomic mass is 9.94. The molecule has 1 aromatic carbocycles. The molecule has 0 radical (unpaired) electrons. The van der Waals surface area contributed by atoms with Crippen molar-refractivity contribution in [1.82, 2.24) is 10.0 Å². The molecule has 2 aliphatic carbocycles. The number of hydrogen-bond acceptors (Lipinski definition) is 3. The second-order valence-electron chi connectivity index (χ2n) is 6.73. The maximum atomic E-state index is 12.4. The van der Waals surface area contributed by atoms with E-state index in [2.05, 4.69) is 22.2 Å². The first kappa shape index (κ1) is 17.7. The van der Waals surface area contributed by atoms with Crippen LogP contribution in [0.5, 0.6) is 0 Å². The van der Waals surface area contributed by atoms with Gasteiger partial charge in [-0.2, -0.15) is 0 Å². The Morgan fingerprint density at radius 2 is 1.96 bits per heavy atom. The van der Waals surface area contributed by atoms with E-state index in [9.17, 15) is 13.2 Å². The molecule has 0 spiro atoms. The van der Waals surface area contributed by atoms with Gasteiger partial charge in [0.05, 0.1) is 4.91 Å². The normalized spacial score (nSPS) is 25.2. The van der Waals surface area contributed by atoms with Crippen LogP contribution in [0.25, 0.3) is 6.08 Å². The van der Waals surface area contributed by atoms with E-state index in [4.69, 9.17) is 0 Å². The van der Waals surface area contributed by atoms with Crippen LogP contribution in [0.3, 0.4) is 0 Å². The van der Waals surface area contributed by atoms with Crippen LogP contribution >= 0.6 is 0 Å². The quantitative estimate of drug-likeness (QED) is 0.765. The number of carbonyl (C=O) groups is 1. The molecule has 0 saturated heterocycles. The number of hydrogen-bond donors (Lipinski definition) is 2. The molecule has 6 heteroatoms. The first-order chi connectivity index (χ1) is 12.0. The van der Waals surface area contributed by atoms with E-state index in [1.165, 1.54) is 0 Å². The van der Waals surface area contributed by atoms with Crippen LogP contribution in [0, 0.1) is 17.8 Å². The van der Waals surface area contributed by atoms with Gasteiger partial charge in [-0.3, -0.25) is 0 Å². The molecule has 3 rings (SSSR count). The Morgan fingerprint density at radius 1 is 1.20 bits per heavy atom. The van der Waals surface area contributed by atoms with Gasteiger partial charge in [0.25, 0.3) is 10.0 Å². The predicted octanol–water partition coefficient (Wildman–Crippen LogP) is 3.28. The summed E-state index contributed by atoms with van der Waals surface area (Å²) in [5, 5.41) is 2.72. The third kappa shape index (κ3) is 4.31. The number of sulfonamides is 1. The van der Waals surface area contributed by atoms with Crippen molar-refractivity contribution in [3.05, 3.63) is 53.0 Å². The highest BCUT2D eigenvalue weighted by Crippen LogP contribution is 2.42. The Morgan fingerprint density at radius 3 is 2.56 bits per heavy atom. The van der Waals surface area contributed by atoms with Gasteiger partial charge < -0.3 is 5.32 Å². The van der Waals surface area contributed by atoms with Gasteiger partial charge in [-0.05, 0) is 48.7 Å². The number of carbonyl (C=O) groups excluding carboxylic acids is 1. The van der Waals surface area contributed by atoms with Crippen LogP contribution in [0.15, 0.2) is 47.4 Å². The molecule has 3 atom stereocenters. The topological polar surface area (TPSA) is 75.3 Å². The summed E-state index contributed by atoms with van der Waals surface area (Å²) >= 11 is 0. The number of rotatable bonds is 6. The second kappa shape index (κ2) is 7.44. The van der Waals surface area contributed by atoms with Gasteiger partial charge in [0.15, 0.2) is 0 Å². The Labute approximate surface area is 149 Å². The number of benzene rings is 1. The van der Waals surface area contributed by atoms with E-state index >= 15 is 0 Å². The highest BCUT2D eigenvalue weighted by Gasteiger charge is 2.35. The molecule has 5 nitrogen and oxygen atoms in total. The number of urea groups is 1. The van der Waals surface area contributed by atoms with E-state index in [1.807, 2.05) is 30.3 Å². The van der Waals surface area contributed by atoms with E-state index in [1.54, 1.807) is 13.0 Å². The average molecular weight is 360 g/mol. The molecule has 0 aromatic heterocycles. The summed E-state index contributed by atoms with van der Waals surface area (Å²) in [6, 6.07) is 8.56. The van der Waals surface area contributed by atoms with E-state index in [0.717, 1.165) is 18.4 Å². The fraction of sp³-hybridized carbons (Fsp3) is 0.421. The first-order valence-electron chi connectivity index (χ1n) is 8.72. The molecule has 25 heavy (non-hydrogen) atoms. The SMILES string of the molecule is CCC(=Cc1ccccc1)S(=O)(=O)NC(=O)NCC1CC2C=CC1C2. The summed E-state index contributed by atoms with van der Waals surface area (Å²) in [6.45, 7) is 2.27. The maximum absolute atomic E-state index is 12.4. The van der Waals surface area contributed by atoms with Crippen molar-refractivity contribution in [2.24, 2.45) is 17.8 Å². The number of allylic oxidation sites excluding steroid dienone is 3. The molecule has 0 heterocycles. The van der Waals surface area contributed by atoms with Crippen molar-refractivity contribution < 1.29 is 13.2 Å². The second-order valence-corrected chi connectivity index (χ2v) is 8.47. The smallest absolute Gasteiger partial charge is 0.328 e. The molecule has 2 aliphatic rings. The van der Waals surface area contributed by atoms with Crippen LogP contribution in [0.1, 0.15) is 31.7 Å². The molecular formula is C19H24N2O3S. The van der Waals surface area contributed by atoms with Gasteiger partial charge in [0.2, 0.25) is 0 Å². The van der Waals surface area contributed by atoms with Gasteiger partial charge in [-0.25, -0.2) is 17.9 Å². The van der Waals surface area contributed by atoms with Crippen LogP contribution in [-0.2, 0) is 10.0 Å². The Kier molecular flexibility index (Phi) is 5.27. The molecule has 134 valence electrons. The molecule has 1 saturated carbocycles. The lowest BCUT2D eigenvalue weighted by Gasteiger charge is -2.18. The molecule has 0 aliphatic heterocycles. The number of nitrogens with one attached hydrogen (secondary N) is 2. The van der Waals surface area contributed by atoms with Crippen LogP contribution in [-0.4, -0.2) is 21.0 Å². The standard InChI is InChI=1S/C19H24N2O3S/c1-2-18(12-14-6-4-3-5-7-14)25(23,24)21-19(22)20-13-17-11-15-8-9-16(17)10-15/h3-9,12,15-17H,2,10-11,13H2,1H3,(H2,20,21,22). The van der Waals surface area contributed by atoms with E-state index in [-0.39, 0.29) is 4.91 Å². The zero-order valence-electron chi connectivity index (χ0n) is 14.3. The summed E-state index contributed by atoms with van der Waals surface area (Å²) in [5.74, 6) is 1.56. The highest BCUT2D eigenvalue weighted by molar-refractivity contribution is 7.94. The van der Waals surface area contributed by atoms with Crippen molar-refractivity contribution in [1.29, 1.82) is 0 Å². The van der Waals surface area contributed by atoms with Crippen molar-refractivity contribution in [3.8, 4) is 0 Å². The summed E-state index contributed by atoms with van der Waals surface area (Å²) in [5.41, 5.74) is 0.791. The zero-order chi connectivity index (χ0) is 17.9. The fourth-order valence-electron chi connectivity index (χ4n) is 3.68. The first-order valence-corrected chi connectivity index (χ1v) is 10.2. The molecular weight excluding hydrogens is 336 g/mol. The lowest BCUT2D eigenvalue weighted by molar-refractivity contribution is 0.243. The van der Waals surface area contributed by atoms with Crippen molar-refractivity contribution in [2.45, 2.75) is 26.2 Å². The highest BCUT2D eigenvalue weighted by atomic mass is 32.2. The minimum atomic E-state index is -3.84. The third-order valence-electron chi connectivity index (χ3n) is 4.99. The van der Waals surface area contributed by atoms with E-state index in [0.29, 0.717) is 30.7 Å². The van der Waals surface area contributed by atoms with Crippen molar-refractivity contribution in [3.63, 3.8) is 0 Å². The average Bonchev–Trinajstić information content (AvgIpc) is 3.21. The summed E-state index contributed by atoms with van der Waals surface area (Å²) in [4.78, 5) is 12.2. The van der Waals surface area contributed by atoms with Gasteiger partial charge in [0, 0.05) is 6.54 Å². The minimum absolute atomic E-state index is 0.191. The van der Waals surface area contributed by atoms with Gasteiger partial charge in [-0.1, -0.05) is 49.4 Å². The summed E-state index contributed by atoms with van der Waals surface area (Å²) in [6.07, 6.45) is 8.60. The molecule has 1 fully saturated rings. The predicted molar refractivity (Wildman–Crippen MR) is 99.0 cm³/mol. The third-order valence-corrected chi connectivity index (χ3v) is 6.54. The summed E-state index contributed by atoms with van der Waals surface area (Å²) in [7, 11) is -3.84. The van der Waals surface area contributed by atoms with Crippen LogP contribution in [0.4, 0.5) is 4.79 Å². The van der Waals surface area contributed by atoms with E-state index < -0.39 is 16.1 Å². The fourth-order valence-corrected chi connectivity index (χ4v) is 4.80. The van der Waals surface area contributed by atoms with Crippen LogP contribution < -0.4 is 10.0 Å². The molecule has 2 N–H and O–H groups in total. The Bertz CT molecular complexity index is 784. The Hall–Kier alpha value is -2.08. The monoisotopic (exact) mass is 360 g/mol. The summed E-state index contributed by atoms with van der Waals surface area (Å²) < 4.78 is 27.0. The minimum Gasteiger partial charge on any atom is -0.337 e. The zero-order valence-corrected chi connectivity index (χ0v) is 15.1. The molecule has 3 unspecified atom stereocenters. The van der Waals surface area contributed by atoms with Gasteiger partial charge in [-0.15, -0.1) is 0 Å². The number of amides is 2.